The van der Waals surface area contributed by atoms with Crippen molar-refractivity contribution in [3.05, 3.63) is 35.4 Å². The molecule has 2 rings (SSSR count). The molecule has 0 bridgehead atoms. The molecule has 3 unspecified atom stereocenters. The number of nitrogens with zero attached hydrogens (tertiary/aromatic N) is 1. The Balaban J connectivity index is 2.00. The summed E-state index contributed by atoms with van der Waals surface area (Å²) < 4.78 is 0. The fourth-order valence-corrected chi connectivity index (χ4v) is 3.41. The van der Waals surface area contributed by atoms with Gasteiger partial charge in [0, 0.05) is 12.1 Å². The van der Waals surface area contributed by atoms with E-state index in [4.69, 9.17) is 5.26 Å². The lowest BCUT2D eigenvalue weighted by atomic mass is 9.80. The normalized spacial score (nSPS) is 28.6. The van der Waals surface area contributed by atoms with Crippen molar-refractivity contribution >= 4 is 0 Å². The van der Waals surface area contributed by atoms with Crippen molar-refractivity contribution in [1.29, 1.82) is 5.26 Å². The van der Waals surface area contributed by atoms with Gasteiger partial charge in [0.2, 0.25) is 0 Å². The quantitative estimate of drug-likeness (QED) is 0.886. The van der Waals surface area contributed by atoms with Gasteiger partial charge < -0.3 is 5.32 Å². The first-order valence-electron chi connectivity index (χ1n) is 7.34. The van der Waals surface area contributed by atoms with Crippen LogP contribution in [0.4, 0.5) is 0 Å². The molecule has 0 aliphatic heterocycles. The average Bonchev–Trinajstić information content (AvgIpc) is 2.37. The second kappa shape index (κ2) is 6.21. The van der Waals surface area contributed by atoms with E-state index < -0.39 is 0 Å². The maximum absolute atomic E-state index is 8.96. The molecule has 0 aromatic heterocycles. The smallest absolute Gasteiger partial charge is 0.0991 e. The monoisotopic (exact) mass is 256 g/mol. The highest BCUT2D eigenvalue weighted by atomic mass is 14.9. The molecule has 0 radical (unpaired) electrons. The van der Waals surface area contributed by atoms with Gasteiger partial charge in [0.1, 0.15) is 0 Å². The van der Waals surface area contributed by atoms with Gasteiger partial charge in [0.15, 0.2) is 0 Å². The zero-order chi connectivity index (χ0) is 13.8. The molecule has 1 aliphatic rings. The fraction of sp³-hybridized carbons (Fsp3) is 0.588. The fourth-order valence-electron chi connectivity index (χ4n) is 3.41. The lowest BCUT2D eigenvalue weighted by Crippen LogP contribution is -2.37. The van der Waals surface area contributed by atoms with E-state index in [0.717, 1.165) is 17.4 Å². The molecule has 1 fully saturated rings. The summed E-state index contributed by atoms with van der Waals surface area (Å²) in [7, 11) is 0. The van der Waals surface area contributed by atoms with Gasteiger partial charge in [-0.1, -0.05) is 26.0 Å². The number of hydrogen-bond donors (Lipinski definition) is 1. The third kappa shape index (κ3) is 3.81. The third-order valence-corrected chi connectivity index (χ3v) is 4.18. The number of benzene rings is 1. The van der Waals surface area contributed by atoms with E-state index in [1.807, 2.05) is 18.2 Å². The van der Waals surface area contributed by atoms with Crippen molar-refractivity contribution in [2.75, 3.05) is 0 Å². The summed E-state index contributed by atoms with van der Waals surface area (Å²) in [5.74, 6) is 1.64. The Hall–Kier alpha value is -1.33. The molecule has 1 aliphatic carbocycles. The number of rotatable bonds is 3. The molecule has 0 amide bonds. The Labute approximate surface area is 116 Å². The van der Waals surface area contributed by atoms with Crippen LogP contribution in [-0.2, 0) is 0 Å². The minimum absolute atomic E-state index is 0.316. The minimum atomic E-state index is 0.316. The Bertz CT molecular complexity index is 451. The average molecular weight is 256 g/mol. The first-order chi connectivity index (χ1) is 9.08. The van der Waals surface area contributed by atoms with Crippen LogP contribution in [0.5, 0.6) is 0 Å². The first-order valence-corrected chi connectivity index (χ1v) is 7.34. The second-order valence-electron chi connectivity index (χ2n) is 6.24. The molecule has 1 N–H and O–H groups in total. The van der Waals surface area contributed by atoms with Crippen molar-refractivity contribution < 1.29 is 0 Å². The molecule has 1 saturated carbocycles. The van der Waals surface area contributed by atoms with Gasteiger partial charge in [-0.3, -0.25) is 0 Å². The molecule has 19 heavy (non-hydrogen) atoms. The van der Waals surface area contributed by atoms with E-state index in [1.54, 1.807) is 0 Å². The van der Waals surface area contributed by atoms with Crippen molar-refractivity contribution in [1.82, 2.24) is 5.32 Å². The molecule has 2 heteroatoms. The zero-order valence-corrected chi connectivity index (χ0v) is 12.2. The van der Waals surface area contributed by atoms with Crippen LogP contribution in [0.2, 0.25) is 0 Å². The maximum Gasteiger partial charge on any atom is 0.0991 e. The van der Waals surface area contributed by atoms with Gasteiger partial charge in [-0.15, -0.1) is 0 Å². The van der Waals surface area contributed by atoms with Gasteiger partial charge in [-0.2, -0.15) is 5.26 Å². The number of nitriles is 1. The van der Waals surface area contributed by atoms with Crippen LogP contribution in [0.15, 0.2) is 24.3 Å². The summed E-state index contributed by atoms with van der Waals surface area (Å²) in [6, 6.07) is 11.1. The maximum atomic E-state index is 8.96. The van der Waals surface area contributed by atoms with Crippen molar-refractivity contribution in [3.63, 3.8) is 0 Å². The standard InChI is InChI=1S/C17H24N2/c1-12-7-13(2)9-17(8-12)19-14(3)16-6-4-5-15(10-16)11-18/h4-6,10,12-14,17,19H,7-9H2,1-3H3. The van der Waals surface area contributed by atoms with Crippen LogP contribution in [0, 0.1) is 23.2 Å². The molecule has 0 heterocycles. The van der Waals surface area contributed by atoms with E-state index >= 15 is 0 Å². The molecule has 3 atom stereocenters. The van der Waals surface area contributed by atoms with E-state index in [0.29, 0.717) is 12.1 Å². The van der Waals surface area contributed by atoms with Crippen molar-refractivity contribution in [2.45, 2.75) is 52.1 Å². The van der Waals surface area contributed by atoms with Gasteiger partial charge >= 0.3 is 0 Å². The first kappa shape index (κ1) is 14.1. The molecule has 0 saturated heterocycles. The summed E-state index contributed by atoms with van der Waals surface area (Å²) in [5, 5.41) is 12.7. The van der Waals surface area contributed by atoms with Gasteiger partial charge in [-0.25, -0.2) is 0 Å². The highest BCUT2D eigenvalue weighted by Gasteiger charge is 2.24. The van der Waals surface area contributed by atoms with Crippen LogP contribution in [0.25, 0.3) is 0 Å². The van der Waals surface area contributed by atoms with Gasteiger partial charge in [0.25, 0.3) is 0 Å². The minimum Gasteiger partial charge on any atom is -0.307 e. The Kier molecular flexibility index (Phi) is 4.61. The third-order valence-electron chi connectivity index (χ3n) is 4.18. The largest absolute Gasteiger partial charge is 0.307 e. The Morgan fingerprint density at radius 3 is 2.53 bits per heavy atom. The molecular formula is C17H24N2. The highest BCUT2D eigenvalue weighted by Crippen LogP contribution is 2.30. The van der Waals surface area contributed by atoms with Gasteiger partial charge in [-0.05, 0) is 55.7 Å². The molecule has 1 aromatic carbocycles. The summed E-state index contributed by atoms with van der Waals surface area (Å²) in [6.07, 6.45) is 3.90. The van der Waals surface area contributed by atoms with Gasteiger partial charge in [0.05, 0.1) is 11.6 Å². The molecule has 2 nitrogen and oxygen atoms in total. The lowest BCUT2D eigenvalue weighted by Gasteiger charge is -2.34. The number of hydrogen-bond acceptors (Lipinski definition) is 2. The van der Waals surface area contributed by atoms with Crippen LogP contribution >= 0.6 is 0 Å². The topological polar surface area (TPSA) is 35.8 Å². The van der Waals surface area contributed by atoms with Crippen LogP contribution < -0.4 is 5.32 Å². The van der Waals surface area contributed by atoms with E-state index in [1.165, 1.54) is 24.8 Å². The molecule has 0 spiro atoms. The summed E-state index contributed by atoms with van der Waals surface area (Å²) in [6.45, 7) is 6.90. The zero-order valence-electron chi connectivity index (χ0n) is 12.2. The Morgan fingerprint density at radius 2 is 1.89 bits per heavy atom. The second-order valence-corrected chi connectivity index (χ2v) is 6.24. The predicted molar refractivity (Wildman–Crippen MR) is 78.7 cm³/mol. The van der Waals surface area contributed by atoms with Crippen LogP contribution in [0.3, 0.4) is 0 Å². The van der Waals surface area contributed by atoms with E-state index in [9.17, 15) is 0 Å². The van der Waals surface area contributed by atoms with E-state index in [-0.39, 0.29) is 0 Å². The summed E-state index contributed by atoms with van der Waals surface area (Å²) in [4.78, 5) is 0. The Morgan fingerprint density at radius 1 is 1.21 bits per heavy atom. The molecule has 102 valence electrons. The van der Waals surface area contributed by atoms with Crippen LogP contribution in [0.1, 0.15) is 57.2 Å². The SMILES string of the molecule is CC1CC(C)CC(NC(C)c2cccc(C#N)c2)C1. The lowest BCUT2D eigenvalue weighted by molar-refractivity contribution is 0.228. The van der Waals surface area contributed by atoms with Crippen molar-refractivity contribution in [3.8, 4) is 6.07 Å². The predicted octanol–water partition coefficient (Wildman–Crippen LogP) is 4.03. The molecular weight excluding hydrogens is 232 g/mol. The number of nitrogens with one attached hydrogen (secondary N) is 1. The highest BCUT2D eigenvalue weighted by molar-refractivity contribution is 5.34. The molecule has 1 aromatic rings. The van der Waals surface area contributed by atoms with Crippen molar-refractivity contribution in [2.24, 2.45) is 11.8 Å². The summed E-state index contributed by atoms with van der Waals surface area (Å²) in [5.41, 5.74) is 1.96. The van der Waals surface area contributed by atoms with Crippen LogP contribution in [-0.4, -0.2) is 6.04 Å². The summed E-state index contributed by atoms with van der Waals surface area (Å²) >= 11 is 0. The van der Waals surface area contributed by atoms with E-state index in [2.05, 4.69) is 38.2 Å².